The van der Waals surface area contributed by atoms with Gasteiger partial charge in [-0.25, -0.2) is 4.79 Å². The molecule has 1 unspecified atom stereocenters. The van der Waals surface area contributed by atoms with Crippen molar-refractivity contribution in [2.75, 3.05) is 13.2 Å². The minimum Gasteiger partial charge on any atom is -0.494 e. The van der Waals surface area contributed by atoms with Gasteiger partial charge in [-0.15, -0.1) is 0 Å². The van der Waals surface area contributed by atoms with Crippen LogP contribution in [0.25, 0.3) is 11.1 Å². The predicted octanol–water partition coefficient (Wildman–Crippen LogP) is 4.49. The van der Waals surface area contributed by atoms with Crippen molar-refractivity contribution in [3.63, 3.8) is 0 Å². The van der Waals surface area contributed by atoms with Gasteiger partial charge < -0.3 is 23.4 Å². The van der Waals surface area contributed by atoms with E-state index in [2.05, 4.69) is 0 Å². The van der Waals surface area contributed by atoms with E-state index < -0.39 is 12.1 Å². The number of hydrogen-bond donors (Lipinski definition) is 1. The van der Waals surface area contributed by atoms with E-state index in [0.717, 1.165) is 40.4 Å². The molecule has 4 rings (SSSR count). The normalized spacial score (nSPS) is 13.9. The Kier molecular flexibility index (Phi) is 5.21. The highest BCUT2D eigenvalue weighted by molar-refractivity contribution is 5.74. The summed E-state index contributed by atoms with van der Waals surface area (Å²) in [6.45, 7) is 2.67. The van der Waals surface area contributed by atoms with Gasteiger partial charge in [0.2, 0.25) is 0 Å². The summed E-state index contributed by atoms with van der Waals surface area (Å²) in [6, 6.07) is 11.4. The molecule has 0 spiro atoms. The van der Waals surface area contributed by atoms with Gasteiger partial charge in [-0.1, -0.05) is 12.1 Å². The summed E-state index contributed by atoms with van der Waals surface area (Å²) in [4.78, 5) is 11.2. The van der Waals surface area contributed by atoms with Crippen LogP contribution in [0.1, 0.15) is 36.3 Å². The van der Waals surface area contributed by atoms with Gasteiger partial charge in [-0.2, -0.15) is 0 Å². The van der Waals surface area contributed by atoms with Gasteiger partial charge >= 0.3 is 5.97 Å². The fraction of sp³-hybridized carbons (Fsp3) is 0.318. The largest absolute Gasteiger partial charge is 0.494 e. The van der Waals surface area contributed by atoms with Crippen molar-refractivity contribution in [2.45, 2.75) is 31.8 Å². The smallest absolute Gasteiger partial charge is 0.333 e. The Balaban J connectivity index is 1.33. The molecule has 0 saturated heterocycles. The lowest BCUT2D eigenvalue weighted by molar-refractivity contribution is -0.149. The van der Waals surface area contributed by atoms with E-state index in [-0.39, 0.29) is 5.92 Å². The molecule has 0 amide bonds. The molecule has 0 radical (unpaired) electrons. The maximum Gasteiger partial charge on any atom is 0.333 e. The van der Waals surface area contributed by atoms with E-state index in [1.807, 2.05) is 36.4 Å². The predicted molar refractivity (Wildman–Crippen MR) is 102 cm³/mol. The van der Waals surface area contributed by atoms with Gasteiger partial charge in [0.25, 0.3) is 0 Å². The van der Waals surface area contributed by atoms with Crippen molar-refractivity contribution < 1.29 is 28.2 Å². The van der Waals surface area contributed by atoms with Crippen molar-refractivity contribution >= 4 is 5.97 Å². The van der Waals surface area contributed by atoms with Crippen LogP contribution in [0.5, 0.6) is 5.75 Å². The quantitative estimate of drug-likeness (QED) is 0.587. The first-order valence-corrected chi connectivity index (χ1v) is 9.38. The lowest BCUT2D eigenvalue weighted by atomic mass is 10.0. The molecule has 1 aliphatic carbocycles. The maximum atomic E-state index is 11.2. The molecule has 2 heterocycles. The zero-order valence-corrected chi connectivity index (χ0v) is 15.6. The Morgan fingerprint density at radius 2 is 1.71 bits per heavy atom. The number of ether oxygens (including phenoxy) is 2. The Morgan fingerprint density at radius 1 is 1.07 bits per heavy atom. The third kappa shape index (κ3) is 3.55. The molecule has 1 aromatic carbocycles. The maximum absolute atomic E-state index is 11.2. The summed E-state index contributed by atoms with van der Waals surface area (Å²) in [7, 11) is 0. The molecule has 1 N–H and O–H groups in total. The van der Waals surface area contributed by atoms with Crippen LogP contribution in [0.15, 0.2) is 57.8 Å². The average molecular weight is 382 g/mol. The molecule has 0 fully saturated rings. The van der Waals surface area contributed by atoms with E-state index in [9.17, 15) is 9.90 Å². The highest BCUT2D eigenvalue weighted by Gasteiger charge is 2.34. The standard InChI is InChI=1S/C22H22O6/c1-2-25-19(22(23)24)13-14-3-5-15(6-4-14)26-10-9-18-20-16(7-11-27-20)17-8-12-28-21(17)18/h3-8,11-12,18-19H,2,9-10,13H2,1H3,(H,23,24). The van der Waals surface area contributed by atoms with Gasteiger partial charge in [0.15, 0.2) is 6.10 Å². The van der Waals surface area contributed by atoms with E-state index in [4.69, 9.17) is 18.3 Å². The average Bonchev–Trinajstić information content (AvgIpc) is 3.39. The molecule has 1 aliphatic rings. The zero-order chi connectivity index (χ0) is 19.5. The summed E-state index contributed by atoms with van der Waals surface area (Å²) >= 11 is 0. The van der Waals surface area contributed by atoms with E-state index >= 15 is 0 Å². The number of carboxylic acid groups (broad SMARTS) is 1. The zero-order valence-electron chi connectivity index (χ0n) is 15.6. The van der Waals surface area contributed by atoms with Crippen molar-refractivity contribution in [3.8, 4) is 16.9 Å². The van der Waals surface area contributed by atoms with Gasteiger partial charge in [0.05, 0.1) is 25.1 Å². The number of furan rings is 2. The number of fused-ring (bicyclic) bond motifs is 3. The minimum absolute atomic E-state index is 0.0665. The molecule has 6 nitrogen and oxygen atoms in total. The van der Waals surface area contributed by atoms with E-state index in [1.54, 1.807) is 19.5 Å². The molecule has 1 atom stereocenters. The van der Waals surface area contributed by atoms with E-state index in [0.29, 0.717) is 19.6 Å². The number of carboxylic acids is 1. The van der Waals surface area contributed by atoms with Gasteiger partial charge in [-0.3, -0.25) is 0 Å². The second kappa shape index (κ2) is 7.94. The molecule has 28 heavy (non-hydrogen) atoms. The first-order chi connectivity index (χ1) is 13.7. The third-order valence-corrected chi connectivity index (χ3v) is 4.98. The van der Waals surface area contributed by atoms with E-state index in [1.165, 1.54) is 0 Å². The fourth-order valence-electron chi connectivity index (χ4n) is 3.66. The van der Waals surface area contributed by atoms with Crippen LogP contribution in [0.3, 0.4) is 0 Å². The van der Waals surface area contributed by atoms with Crippen molar-refractivity contribution in [3.05, 3.63) is 66.0 Å². The van der Waals surface area contributed by atoms with Crippen LogP contribution in [0.4, 0.5) is 0 Å². The van der Waals surface area contributed by atoms with Crippen LogP contribution < -0.4 is 4.74 Å². The molecule has 0 bridgehead atoms. The van der Waals surface area contributed by atoms with Crippen LogP contribution >= 0.6 is 0 Å². The van der Waals surface area contributed by atoms with Crippen molar-refractivity contribution in [1.82, 2.24) is 0 Å². The number of hydrogen-bond acceptors (Lipinski definition) is 5. The van der Waals surface area contributed by atoms with Crippen molar-refractivity contribution in [2.24, 2.45) is 0 Å². The summed E-state index contributed by atoms with van der Waals surface area (Å²) in [5.41, 5.74) is 3.09. The Bertz CT molecular complexity index is 896. The van der Waals surface area contributed by atoms with Gasteiger partial charge in [0.1, 0.15) is 17.3 Å². The lowest BCUT2D eigenvalue weighted by Gasteiger charge is -2.13. The molecule has 0 saturated carbocycles. The molecule has 146 valence electrons. The highest BCUT2D eigenvalue weighted by atomic mass is 16.5. The number of carbonyl (C=O) groups is 1. The van der Waals surface area contributed by atoms with Crippen molar-refractivity contribution in [1.29, 1.82) is 0 Å². The van der Waals surface area contributed by atoms with Crippen LogP contribution in [-0.2, 0) is 16.0 Å². The summed E-state index contributed by atoms with van der Waals surface area (Å²) in [5, 5.41) is 9.18. The molecule has 3 aromatic rings. The molecular weight excluding hydrogens is 360 g/mol. The summed E-state index contributed by atoms with van der Waals surface area (Å²) in [5.74, 6) is 1.72. The lowest BCUT2D eigenvalue weighted by Crippen LogP contribution is -2.26. The Labute approximate surface area is 162 Å². The Hall–Kier alpha value is -2.99. The second-order valence-electron chi connectivity index (χ2n) is 6.72. The molecule has 0 aliphatic heterocycles. The number of aliphatic carboxylic acids is 1. The first-order valence-electron chi connectivity index (χ1n) is 9.38. The van der Waals surface area contributed by atoms with Crippen LogP contribution in [-0.4, -0.2) is 30.4 Å². The SMILES string of the molecule is CCOC(Cc1ccc(OCCC2c3occc3-c3ccoc32)cc1)C(=O)O. The minimum atomic E-state index is -0.951. The number of rotatable bonds is 9. The first kappa shape index (κ1) is 18.4. The Morgan fingerprint density at radius 3 is 2.29 bits per heavy atom. The monoisotopic (exact) mass is 382 g/mol. The van der Waals surface area contributed by atoms with Gasteiger partial charge in [-0.05, 0) is 43.2 Å². The third-order valence-electron chi connectivity index (χ3n) is 4.98. The molecule has 2 aromatic heterocycles. The molecule has 6 heteroatoms. The molecular formula is C22H22O6. The second-order valence-corrected chi connectivity index (χ2v) is 6.72. The van der Waals surface area contributed by atoms with Crippen LogP contribution in [0.2, 0.25) is 0 Å². The highest BCUT2D eigenvalue weighted by Crippen LogP contribution is 2.47. The summed E-state index contributed by atoms with van der Waals surface area (Å²) < 4.78 is 22.4. The van der Waals surface area contributed by atoms with Crippen LogP contribution in [0, 0.1) is 0 Å². The van der Waals surface area contributed by atoms with Gasteiger partial charge in [0, 0.05) is 24.2 Å². The number of benzene rings is 1. The summed E-state index contributed by atoms with van der Waals surface area (Å²) in [6.07, 6.45) is 3.66. The fourth-order valence-corrected chi connectivity index (χ4v) is 3.66. The topological polar surface area (TPSA) is 82.0 Å².